The first-order valence-electron chi connectivity index (χ1n) is 9.34. The van der Waals surface area contributed by atoms with E-state index in [1.807, 2.05) is 0 Å². The van der Waals surface area contributed by atoms with Gasteiger partial charge in [0.25, 0.3) is 5.69 Å². The molecule has 14 heteroatoms. The molecule has 0 atom stereocenters. The number of aromatic nitrogens is 2. The largest absolute Gasteiger partial charge is 0.480 e. The number of carbonyl (C=O) groups excluding carboxylic acids is 2. The van der Waals surface area contributed by atoms with Crippen LogP contribution in [0.4, 0.5) is 27.7 Å². The summed E-state index contributed by atoms with van der Waals surface area (Å²) >= 11 is 0. The molecule has 0 unspecified atom stereocenters. The lowest BCUT2D eigenvalue weighted by Gasteiger charge is -2.31. The summed E-state index contributed by atoms with van der Waals surface area (Å²) in [5, 5.41) is 23.9. The maximum Gasteiger partial charge on any atom is 0.348 e. The Hall–Kier alpha value is -4.75. The molecule has 0 radical (unpaired) electrons. The van der Waals surface area contributed by atoms with E-state index < -0.39 is 22.8 Å². The Balaban J connectivity index is 1.91. The minimum absolute atomic E-state index is 0.0811. The summed E-state index contributed by atoms with van der Waals surface area (Å²) in [4.78, 5) is 40.7. The first-order valence-corrected chi connectivity index (χ1v) is 9.34. The van der Waals surface area contributed by atoms with Crippen LogP contribution in [-0.2, 0) is 9.53 Å². The van der Waals surface area contributed by atoms with Crippen LogP contribution in [-0.4, -0.2) is 60.8 Å². The van der Waals surface area contributed by atoms with Crippen LogP contribution in [0.3, 0.4) is 0 Å². The number of nitro groups is 1. The quantitative estimate of drug-likeness (QED) is 0.147. The molecule has 2 heterocycles. The fraction of sp³-hybridized carbons (Fsp3) is 0.211. The van der Waals surface area contributed by atoms with E-state index in [4.69, 9.17) is 15.2 Å². The van der Waals surface area contributed by atoms with Gasteiger partial charge in [-0.1, -0.05) is 0 Å². The van der Waals surface area contributed by atoms with Crippen LogP contribution in [0.15, 0.2) is 46.6 Å². The van der Waals surface area contributed by atoms with Gasteiger partial charge in [-0.25, -0.2) is 9.59 Å². The zero-order valence-corrected chi connectivity index (χ0v) is 17.9. The van der Waals surface area contributed by atoms with Crippen LogP contribution in [0.5, 0.6) is 5.88 Å². The summed E-state index contributed by atoms with van der Waals surface area (Å²) in [5.74, 6) is -0.876. The molecule has 1 aliphatic heterocycles. The SMILES string of the molecule is COC(=O)C(/C(N)=N/C(=O)Nc1ccc(OC)nn1)=C1\CN(C)c2cc([N+](=O)[O-])ccc2N1. The first-order chi connectivity index (χ1) is 15.7. The number of hydrogen-bond acceptors (Lipinski definition) is 10. The third kappa shape index (κ3) is 5.12. The lowest BCUT2D eigenvalue weighted by Crippen LogP contribution is -2.35. The summed E-state index contributed by atoms with van der Waals surface area (Å²) in [6.07, 6.45) is 0. The number of nitro benzene ring substituents is 1. The Morgan fingerprint density at radius 2 is 2.03 bits per heavy atom. The maximum absolute atomic E-state index is 12.5. The van der Waals surface area contributed by atoms with Crippen LogP contribution >= 0.6 is 0 Å². The zero-order chi connectivity index (χ0) is 24.1. The van der Waals surface area contributed by atoms with Crippen molar-refractivity contribution < 1.29 is 24.0 Å². The fourth-order valence-electron chi connectivity index (χ4n) is 3.00. The van der Waals surface area contributed by atoms with Gasteiger partial charge in [-0.3, -0.25) is 15.4 Å². The molecule has 4 N–H and O–H groups in total. The van der Waals surface area contributed by atoms with Gasteiger partial charge in [0.05, 0.1) is 42.8 Å². The highest BCUT2D eigenvalue weighted by Gasteiger charge is 2.27. The van der Waals surface area contributed by atoms with Crippen molar-refractivity contribution in [1.82, 2.24) is 10.2 Å². The van der Waals surface area contributed by atoms with E-state index in [0.29, 0.717) is 17.1 Å². The molecule has 0 spiro atoms. The Morgan fingerprint density at radius 3 is 2.64 bits per heavy atom. The average molecular weight is 456 g/mol. The lowest BCUT2D eigenvalue weighted by atomic mass is 10.1. The number of fused-ring (bicyclic) bond motifs is 1. The maximum atomic E-state index is 12.5. The van der Waals surface area contributed by atoms with Gasteiger partial charge in [-0.05, 0) is 12.1 Å². The van der Waals surface area contributed by atoms with E-state index in [2.05, 4.69) is 25.8 Å². The van der Waals surface area contributed by atoms with Crippen molar-refractivity contribution in [2.24, 2.45) is 10.7 Å². The summed E-state index contributed by atoms with van der Waals surface area (Å²) < 4.78 is 9.70. The molecular formula is C19H20N8O6. The highest BCUT2D eigenvalue weighted by molar-refractivity contribution is 6.22. The van der Waals surface area contributed by atoms with Gasteiger partial charge in [-0.2, -0.15) is 4.99 Å². The number of hydrogen-bond donors (Lipinski definition) is 3. The van der Waals surface area contributed by atoms with Crippen LogP contribution in [0.1, 0.15) is 0 Å². The number of aliphatic imine (C=N–C) groups is 1. The zero-order valence-electron chi connectivity index (χ0n) is 17.9. The second-order valence-corrected chi connectivity index (χ2v) is 6.67. The van der Waals surface area contributed by atoms with Gasteiger partial charge >= 0.3 is 12.0 Å². The molecular weight excluding hydrogens is 436 g/mol. The Morgan fingerprint density at radius 1 is 1.27 bits per heavy atom. The van der Waals surface area contributed by atoms with Crippen molar-refractivity contribution in [3.8, 4) is 5.88 Å². The number of non-ortho nitro benzene ring substituents is 1. The molecule has 0 bridgehead atoms. The predicted octanol–water partition coefficient (Wildman–Crippen LogP) is 1.27. The number of rotatable bonds is 5. The molecule has 1 aromatic heterocycles. The summed E-state index contributed by atoms with van der Waals surface area (Å²) in [7, 11) is 4.26. The van der Waals surface area contributed by atoms with Crippen molar-refractivity contribution in [1.29, 1.82) is 0 Å². The highest BCUT2D eigenvalue weighted by atomic mass is 16.6. The van der Waals surface area contributed by atoms with Crippen LogP contribution in [0.2, 0.25) is 0 Å². The molecule has 0 saturated heterocycles. The second kappa shape index (κ2) is 9.59. The third-order valence-electron chi connectivity index (χ3n) is 4.54. The molecule has 0 fully saturated rings. The van der Waals surface area contributed by atoms with E-state index in [1.165, 1.54) is 37.4 Å². The minimum Gasteiger partial charge on any atom is -0.480 e. The van der Waals surface area contributed by atoms with E-state index in [0.717, 1.165) is 7.11 Å². The number of amidine groups is 1. The fourth-order valence-corrected chi connectivity index (χ4v) is 3.00. The summed E-state index contributed by atoms with van der Waals surface area (Å²) in [6.45, 7) is 0.112. The van der Waals surface area contributed by atoms with E-state index in [-0.39, 0.29) is 29.5 Å². The molecule has 2 aromatic rings. The number of nitrogens with one attached hydrogen (secondary N) is 2. The number of esters is 1. The van der Waals surface area contributed by atoms with E-state index in [1.54, 1.807) is 11.9 Å². The number of nitrogens with zero attached hydrogens (tertiary/aromatic N) is 5. The number of amides is 2. The Kier molecular flexibility index (Phi) is 6.66. The normalized spacial score (nSPS) is 14.5. The molecule has 0 saturated carbocycles. The van der Waals surface area contributed by atoms with Gasteiger partial charge in [0, 0.05) is 25.2 Å². The van der Waals surface area contributed by atoms with Gasteiger partial charge in [0.2, 0.25) is 5.88 Å². The monoisotopic (exact) mass is 456 g/mol. The highest BCUT2D eigenvalue weighted by Crippen LogP contribution is 2.35. The molecule has 0 aliphatic carbocycles. The first kappa shape index (κ1) is 22.9. The lowest BCUT2D eigenvalue weighted by molar-refractivity contribution is -0.384. The number of anilines is 3. The third-order valence-corrected chi connectivity index (χ3v) is 4.54. The summed E-state index contributed by atoms with van der Waals surface area (Å²) in [6, 6.07) is 6.26. The summed E-state index contributed by atoms with van der Waals surface area (Å²) in [5.41, 5.74) is 7.07. The second-order valence-electron chi connectivity index (χ2n) is 6.67. The number of ether oxygens (including phenoxy) is 2. The number of carbonyl (C=O) groups is 2. The van der Waals surface area contributed by atoms with E-state index in [9.17, 15) is 19.7 Å². The topological polar surface area (TPSA) is 187 Å². The number of urea groups is 1. The van der Waals surface area contributed by atoms with Crippen molar-refractivity contribution >= 4 is 40.7 Å². The van der Waals surface area contributed by atoms with Crippen LogP contribution < -0.4 is 26.0 Å². The smallest absolute Gasteiger partial charge is 0.348 e. The molecule has 33 heavy (non-hydrogen) atoms. The van der Waals surface area contributed by atoms with Crippen molar-refractivity contribution in [2.75, 3.05) is 43.3 Å². The number of likely N-dealkylation sites (N-methyl/N-ethyl adjacent to an activating group) is 1. The van der Waals surface area contributed by atoms with Gasteiger partial charge < -0.3 is 25.4 Å². The predicted molar refractivity (Wildman–Crippen MR) is 118 cm³/mol. The van der Waals surface area contributed by atoms with Crippen molar-refractivity contribution in [3.05, 3.63) is 51.7 Å². The Bertz CT molecular complexity index is 1160. The molecule has 1 aromatic carbocycles. The average Bonchev–Trinajstić information content (AvgIpc) is 2.79. The molecule has 1 aliphatic rings. The van der Waals surface area contributed by atoms with Crippen LogP contribution in [0.25, 0.3) is 0 Å². The van der Waals surface area contributed by atoms with Crippen molar-refractivity contribution in [3.63, 3.8) is 0 Å². The molecule has 172 valence electrons. The van der Waals surface area contributed by atoms with Crippen molar-refractivity contribution in [2.45, 2.75) is 0 Å². The number of nitrogens with two attached hydrogens (primary N) is 1. The molecule has 3 rings (SSSR count). The molecule has 2 amide bonds. The minimum atomic E-state index is -0.894. The number of benzene rings is 1. The van der Waals surface area contributed by atoms with Gasteiger partial charge in [-0.15, -0.1) is 10.2 Å². The van der Waals surface area contributed by atoms with E-state index >= 15 is 0 Å². The molecule has 14 nitrogen and oxygen atoms in total. The van der Waals surface area contributed by atoms with Gasteiger partial charge in [0.15, 0.2) is 5.82 Å². The standard InChI is InChI=1S/C19H20N8O6/c1-26-9-12(21-11-5-4-10(27(30)31)8-13(11)26)16(18(28)33-3)17(20)23-19(29)22-14-6-7-15(32-2)25-24-14/h4-8,21H,9H2,1-3H3,(H3,20,22,23,24,29)/b16-12+. The Labute approximate surface area is 187 Å². The number of methoxy groups -OCH3 is 2. The van der Waals surface area contributed by atoms with Gasteiger partial charge in [0.1, 0.15) is 11.4 Å². The van der Waals surface area contributed by atoms with Crippen LogP contribution in [0, 0.1) is 10.1 Å².